The van der Waals surface area contributed by atoms with Crippen molar-refractivity contribution in [2.45, 2.75) is 19.4 Å². The lowest BCUT2D eigenvalue weighted by Gasteiger charge is -2.07. The number of thiophene rings is 1. The summed E-state index contributed by atoms with van der Waals surface area (Å²) >= 11 is 1.51. The summed E-state index contributed by atoms with van der Waals surface area (Å²) in [5.74, 6) is 0.0370. The first-order valence-electron chi connectivity index (χ1n) is 4.07. The Morgan fingerprint density at radius 3 is 2.92 bits per heavy atom. The number of nitrogens with two attached hydrogens (primary N) is 1. The van der Waals surface area contributed by atoms with Gasteiger partial charge in [-0.25, -0.2) is 0 Å². The molecule has 13 heavy (non-hydrogen) atoms. The molecule has 0 aromatic carbocycles. The van der Waals surface area contributed by atoms with Crippen molar-refractivity contribution in [1.82, 2.24) is 0 Å². The van der Waals surface area contributed by atoms with Crippen LogP contribution < -0.4 is 5.73 Å². The van der Waals surface area contributed by atoms with Crippen molar-refractivity contribution in [2.75, 3.05) is 0 Å². The number of hydrogen-bond donors (Lipinski definition) is 1. The van der Waals surface area contributed by atoms with Crippen molar-refractivity contribution in [2.24, 2.45) is 5.73 Å². The fourth-order valence-corrected chi connectivity index (χ4v) is 1.78. The Morgan fingerprint density at radius 1 is 1.77 bits per heavy atom. The Kier molecular flexibility index (Phi) is 3.39. The lowest BCUT2D eigenvalue weighted by Crippen LogP contribution is -2.20. The molecule has 0 bridgehead atoms. The molecule has 1 aromatic heterocycles. The molecule has 1 unspecified atom stereocenters. The molecule has 0 fully saturated rings. The highest BCUT2D eigenvalue weighted by Gasteiger charge is 2.15. The van der Waals surface area contributed by atoms with Gasteiger partial charge in [-0.1, -0.05) is 18.2 Å². The van der Waals surface area contributed by atoms with Crippen LogP contribution in [0, 0.1) is 0 Å². The van der Waals surface area contributed by atoms with Crippen molar-refractivity contribution in [1.29, 1.82) is 0 Å². The Bertz CT molecular complexity index is 303. The maximum atomic E-state index is 11.5. The van der Waals surface area contributed by atoms with Gasteiger partial charge in [0.05, 0.1) is 6.04 Å². The Labute approximate surface area is 82.1 Å². The maximum absolute atomic E-state index is 11.5. The lowest BCUT2D eigenvalue weighted by atomic mass is 10.1. The largest absolute Gasteiger partial charge is 0.317 e. The van der Waals surface area contributed by atoms with E-state index >= 15 is 0 Å². The van der Waals surface area contributed by atoms with Gasteiger partial charge in [0.1, 0.15) is 0 Å². The smallest absolute Gasteiger partial charge is 0.158 e. The summed E-state index contributed by atoms with van der Waals surface area (Å²) in [4.78, 5) is 12.4. The monoisotopic (exact) mass is 195 g/mol. The molecule has 0 radical (unpaired) electrons. The van der Waals surface area contributed by atoms with Gasteiger partial charge in [0.2, 0.25) is 0 Å². The lowest BCUT2D eigenvalue weighted by molar-refractivity contribution is -0.119. The topological polar surface area (TPSA) is 43.1 Å². The molecule has 1 aromatic rings. The first-order chi connectivity index (χ1) is 6.11. The van der Waals surface area contributed by atoms with E-state index in [2.05, 4.69) is 6.58 Å². The highest BCUT2D eigenvalue weighted by molar-refractivity contribution is 7.10. The SMILES string of the molecule is C=C(C)CC(=O)C(N)c1cccs1. The van der Waals surface area contributed by atoms with Crippen LogP contribution in [0.15, 0.2) is 29.7 Å². The van der Waals surface area contributed by atoms with Gasteiger partial charge < -0.3 is 5.73 Å². The second-order valence-corrected chi connectivity index (χ2v) is 4.07. The molecule has 1 heterocycles. The van der Waals surface area contributed by atoms with Gasteiger partial charge in [0.15, 0.2) is 5.78 Å². The number of carbonyl (C=O) groups excluding carboxylic acids is 1. The third-order valence-corrected chi connectivity index (χ3v) is 2.63. The van der Waals surface area contributed by atoms with Gasteiger partial charge in [0.25, 0.3) is 0 Å². The predicted molar refractivity (Wildman–Crippen MR) is 55.7 cm³/mol. The van der Waals surface area contributed by atoms with Crippen LogP contribution in [0.3, 0.4) is 0 Å². The quantitative estimate of drug-likeness (QED) is 0.749. The summed E-state index contributed by atoms with van der Waals surface area (Å²) in [6.07, 6.45) is 0.374. The standard InChI is InChI=1S/C10H13NOS/c1-7(2)6-8(12)10(11)9-4-3-5-13-9/h3-5,10H,1,6,11H2,2H3. The van der Waals surface area contributed by atoms with Crippen LogP contribution >= 0.6 is 11.3 Å². The first-order valence-corrected chi connectivity index (χ1v) is 4.95. The summed E-state index contributed by atoms with van der Waals surface area (Å²) in [6.45, 7) is 5.52. The number of rotatable bonds is 4. The van der Waals surface area contributed by atoms with Crippen LogP contribution in [-0.4, -0.2) is 5.78 Å². The van der Waals surface area contributed by atoms with Crippen LogP contribution in [0.4, 0.5) is 0 Å². The molecular formula is C10H13NOS. The van der Waals surface area contributed by atoms with Gasteiger partial charge in [0, 0.05) is 11.3 Å². The summed E-state index contributed by atoms with van der Waals surface area (Å²) < 4.78 is 0. The van der Waals surface area contributed by atoms with E-state index in [0.29, 0.717) is 6.42 Å². The average molecular weight is 195 g/mol. The maximum Gasteiger partial charge on any atom is 0.158 e. The van der Waals surface area contributed by atoms with Crippen LogP contribution in [0.1, 0.15) is 24.3 Å². The Balaban J connectivity index is 2.63. The minimum absolute atomic E-state index is 0.0370. The molecule has 2 nitrogen and oxygen atoms in total. The summed E-state index contributed by atoms with van der Waals surface area (Å²) in [5.41, 5.74) is 6.61. The number of carbonyl (C=O) groups is 1. The molecule has 2 N–H and O–H groups in total. The third-order valence-electron chi connectivity index (χ3n) is 1.67. The number of ketones is 1. The van der Waals surface area contributed by atoms with Crippen LogP contribution in [0.25, 0.3) is 0 Å². The van der Waals surface area contributed by atoms with E-state index in [4.69, 9.17) is 5.73 Å². The number of Topliss-reactive ketones (excluding diaryl/α,β-unsaturated/α-hetero) is 1. The van der Waals surface area contributed by atoms with Crippen molar-refractivity contribution in [3.8, 4) is 0 Å². The van der Waals surface area contributed by atoms with Gasteiger partial charge in [-0.2, -0.15) is 0 Å². The molecule has 70 valence electrons. The highest BCUT2D eigenvalue weighted by atomic mass is 32.1. The molecule has 0 aliphatic heterocycles. The van der Waals surface area contributed by atoms with E-state index in [0.717, 1.165) is 10.5 Å². The summed E-state index contributed by atoms with van der Waals surface area (Å²) in [5, 5.41) is 1.92. The van der Waals surface area contributed by atoms with Crippen LogP contribution in [0.2, 0.25) is 0 Å². The second kappa shape index (κ2) is 4.35. The van der Waals surface area contributed by atoms with Crippen molar-refractivity contribution < 1.29 is 4.79 Å². The van der Waals surface area contributed by atoms with Crippen molar-refractivity contribution in [3.05, 3.63) is 34.5 Å². The van der Waals surface area contributed by atoms with E-state index in [9.17, 15) is 4.79 Å². The molecule has 0 spiro atoms. The third kappa shape index (κ3) is 2.79. The Hall–Kier alpha value is -0.930. The zero-order chi connectivity index (χ0) is 9.84. The average Bonchev–Trinajstić information content (AvgIpc) is 2.53. The number of hydrogen-bond acceptors (Lipinski definition) is 3. The van der Waals surface area contributed by atoms with Crippen molar-refractivity contribution in [3.63, 3.8) is 0 Å². The van der Waals surface area contributed by atoms with E-state index in [-0.39, 0.29) is 5.78 Å². The highest BCUT2D eigenvalue weighted by Crippen LogP contribution is 2.19. The molecule has 0 saturated heterocycles. The van der Waals surface area contributed by atoms with Gasteiger partial charge in [-0.3, -0.25) is 4.79 Å². The predicted octanol–water partition coefficient (Wildman–Crippen LogP) is 2.28. The normalized spacial score (nSPS) is 12.5. The minimum Gasteiger partial charge on any atom is -0.317 e. The van der Waals surface area contributed by atoms with Crippen LogP contribution in [-0.2, 0) is 4.79 Å². The van der Waals surface area contributed by atoms with Crippen molar-refractivity contribution >= 4 is 17.1 Å². The molecule has 1 atom stereocenters. The van der Waals surface area contributed by atoms with E-state index < -0.39 is 6.04 Å². The summed E-state index contributed by atoms with van der Waals surface area (Å²) in [6, 6.07) is 3.30. The molecule has 0 aliphatic rings. The zero-order valence-electron chi connectivity index (χ0n) is 7.62. The fourth-order valence-electron chi connectivity index (χ4n) is 1.03. The molecule has 3 heteroatoms. The number of allylic oxidation sites excluding steroid dienone is 1. The first kappa shape index (κ1) is 10.2. The molecule has 0 saturated carbocycles. The van der Waals surface area contributed by atoms with E-state index in [1.807, 2.05) is 24.4 Å². The van der Waals surface area contributed by atoms with E-state index in [1.165, 1.54) is 11.3 Å². The summed E-state index contributed by atoms with van der Waals surface area (Å²) in [7, 11) is 0. The van der Waals surface area contributed by atoms with Crippen LogP contribution in [0.5, 0.6) is 0 Å². The van der Waals surface area contributed by atoms with E-state index in [1.54, 1.807) is 0 Å². The Morgan fingerprint density at radius 2 is 2.46 bits per heavy atom. The molecule has 0 amide bonds. The molecule has 1 rings (SSSR count). The molecular weight excluding hydrogens is 182 g/mol. The van der Waals surface area contributed by atoms with Gasteiger partial charge in [-0.15, -0.1) is 11.3 Å². The van der Waals surface area contributed by atoms with Gasteiger partial charge >= 0.3 is 0 Å². The fraction of sp³-hybridized carbons (Fsp3) is 0.300. The minimum atomic E-state index is -0.475. The van der Waals surface area contributed by atoms with Gasteiger partial charge in [-0.05, 0) is 18.4 Å². The second-order valence-electron chi connectivity index (χ2n) is 3.09. The molecule has 0 aliphatic carbocycles. The zero-order valence-corrected chi connectivity index (χ0v) is 8.43.